The minimum Gasteiger partial charge on any atom is -0.550 e. The van der Waals surface area contributed by atoms with Gasteiger partial charge in [0, 0.05) is 11.5 Å². The first-order valence-corrected chi connectivity index (χ1v) is 9.90. The van der Waals surface area contributed by atoms with E-state index in [9.17, 15) is 0 Å². The molecule has 0 radical (unpaired) electrons. The van der Waals surface area contributed by atoms with Crippen molar-refractivity contribution in [1.29, 1.82) is 0 Å². The number of rotatable bonds is 3. The van der Waals surface area contributed by atoms with Crippen LogP contribution in [0.25, 0.3) is 21.5 Å². The van der Waals surface area contributed by atoms with Crippen LogP contribution in [0.4, 0.5) is 0 Å². The molecule has 0 N–H and O–H groups in total. The number of fused-ring (bicyclic) bond motifs is 2. The molecule has 3 aromatic carbocycles. The van der Waals surface area contributed by atoms with Gasteiger partial charge in [0.15, 0.2) is 0 Å². The van der Waals surface area contributed by atoms with Crippen LogP contribution in [-0.2, 0) is 17.9 Å². The van der Waals surface area contributed by atoms with E-state index >= 15 is 0 Å². The van der Waals surface area contributed by atoms with Crippen LogP contribution in [0.2, 0.25) is 0 Å². The first-order valence-electron chi connectivity index (χ1n) is 8.82. The second-order valence-electron chi connectivity index (χ2n) is 6.27. The molecule has 0 amide bonds. The number of carbonyl (C=O) groups is 1. The van der Waals surface area contributed by atoms with Gasteiger partial charge in [0.25, 0.3) is 0 Å². The summed E-state index contributed by atoms with van der Waals surface area (Å²) in [4.78, 5) is 8.89. The van der Waals surface area contributed by atoms with Crippen molar-refractivity contribution in [3.05, 3.63) is 76.4 Å². The van der Waals surface area contributed by atoms with Gasteiger partial charge in [-0.25, -0.2) is 9.13 Å². The smallest absolute Gasteiger partial charge is 0.317 e. The van der Waals surface area contributed by atoms with Gasteiger partial charge in [0.2, 0.25) is 0 Å². The van der Waals surface area contributed by atoms with Crippen LogP contribution in [0.5, 0.6) is 0 Å². The molecule has 0 aliphatic heterocycles. The van der Waals surface area contributed by atoms with E-state index in [4.69, 9.17) is 9.90 Å². The third kappa shape index (κ3) is 4.30. The van der Waals surface area contributed by atoms with E-state index in [0.29, 0.717) is 0 Å². The highest BCUT2D eigenvalue weighted by atomic mass is 127. The fourth-order valence-corrected chi connectivity index (χ4v) is 4.08. The number of carboxylic acids is 1. The summed E-state index contributed by atoms with van der Waals surface area (Å²) in [5.41, 5.74) is 1.40. The zero-order valence-corrected chi connectivity index (χ0v) is 17.5. The maximum absolute atomic E-state index is 8.89. The van der Waals surface area contributed by atoms with Gasteiger partial charge in [0.05, 0.1) is 29.1 Å². The van der Waals surface area contributed by atoms with Gasteiger partial charge in [-0.1, -0.05) is 48.5 Å². The molecule has 0 aliphatic carbocycles. The number of carbonyl (C=O) groups excluding carboxylic acids is 1. The monoisotopic (exact) mass is 472 g/mol. The summed E-state index contributed by atoms with van der Waals surface area (Å²) in [7, 11) is 0. The lowest BCUT2D eigenvalue weighted by molar-refractivity contribution is -0.700. The number of nitrogens with zero attached hydrogens (tertiary/aromatic N) is 2. The summed E-state index contributed by atoms with van der Waals surface area (Å²) in [5.74, 6) is -1.08. The molecule has 4 rings (SSSR count). The molecule has 0 saturated carbocycles. The highest BCUT2D eigenvalue weighted by Gasteiger charge is 2.16. The molecule has 0 bridgehead atoms. The summed E-state index contributed by atoms with van der Waals surface area (Å²) in [5, 5.41) is 14.2. The Morgan fingerprint density at radius 3 is 2.07 bits per heavy atom. The highest BCUT2D eigenvalue weighted by molar-refractivity contribution is 14.1. The lowest BCUT2D eigenvalue weighted by atomic mass is 9.97. The van der Waals surface area contributed by atoms with Gasteiger partial charge in [-0.3, -0.25) is 0 Å². The van der Waals surface area contributed by atoms with Crippen LogP contribution in [0.1, 0.15) is 19.4 Å². The molecule has 0 atom stereocenters. The van der Waals surface area contributed by atoms with Crippen molar-refractivity contribution >= 4 is 50.1 Å². The van der Waals surface area contributed by atoms with E-state index in [-0.39, 0.29) is 0 Å². The quantitative estimate of drug-likeness (QED) is 0.260. The molecule has 0 saturated heterocycles. The molecule has 5 heteroatoms. The first kappa shape index (κ1) is 19.4. The van der Waals surface area contributed by atoms with Crippen LogP contribution in [-0.4, -0.2) is 10.5 Å². The molecule has 0 spiro atoms. The third-order valence-electron chi connectivity index (χ3n) is 4.45. The Hall–Kier alpha value is -2.41. The van der Waals surface area contributed by atoms with Crippen molar-refractivity contribution in [3.8, 4) is 0 Å². The van der Waals surface area contributed by atoms with E-state index in [1.807, 2.05) is 0 Å². The van der Waals surface area contributed by atoms with Crippen molar-refractivity contribution in [3.63, 3.8) is 0 Å². The van der Waals surface area contributed by atoms with E-state index in [1.54, 1.807) is 0 Å². The zero-order valence-electron chi connectivity index (χ0n) is 15.4. The molecule has 0 fully saturated rings. The summed E-state index contributed by atoms with van der Waals surface area (Å²) < 4.78 is 5.87. The maximum Gasteiger partial charge on any atom is 0.317 e. The summed E-state index contributed by atoms with van der Waals surface area (Å²) in [6.45, 7) is 5.05. The van der Waals surface area contributed by atoms with Gasteiger partial charge >= 0.3 is 3.83 Å². The summed E-state index contributed by atoms with van der Waals surface area (Å²) >= 11 is 2.44. The number of carboxylic acid groups (broad SMARTS) is 1. The molecular weight excluding hydrogens is 451 g/mol. The summed E-state index contributed by atoms with van der Waals surface area (Å²) in [6.07, 6.45) is 4.34. The minimum absolute atomic E-state index is 0.896. The number of aliphatic carboxylic acids is 1. The molecular formula is C22H21IN2O2. The van der Waals surface area contributed by atoms with Crippen molar-refractivity contribution in [2.75, 3.05) is 0 Å². The topological polar surface area (TPSA) is 48.9 Å². The molecule has 4 nitrogen and oxygen atoms in total. The minimum atomic E-state index is -1.08. The van der Waals surface area contributed by atoms with E-state index in [1.165, 1.54) is 30.9 Å². The molecule has 1 heterocycles. The second-order valence-corrected chi connectivity index (χ2v) is 7.23. The lowest BCUT2D eigenvalue weighted by Gasteiger charge is -2.10. The van der Waals surface area contributed by atoms with Crippen LogP contribution >= 0.6 is 22.6 Å². The third-order valence-corrected chi connectivity index (χ3v) is 5.69. The first-order chi connectivity index (χ1) is 13.0. The average Bonchev–Trinajstić information content (AvgIpc) is 3.01. The Balaban J connectivity index is 0.000000481. The number of imidazole rings is 1. The number of aryl methyl sites for hydroxylation is 1. The molecule has 0 aliphatic rings. The number of benzene rings is 3. The number of hydrogen-bond acceptors (Lipinski definition) is 2. The lowest BCUT2D eigenvalue weighted by Crippen LogP contribution is -2.36. The van der Waals surface area contributed by atoms with Crippen molar-refractivity contribution in [1.82, 2.24) is 4.57 Å². The van der Waals surface area contributed by atoms with Gasteiger partial charge in [-0.05, 0) is 41.5 Å². The average molecular weight is 472 g/mol. The standard InChI is InChI=1S/C20H18IN2.C2H4O2/c1-2-22-11-12-23(20(22)21)14-19-17-9-5-3-7-15(17)13-16-8-4-6-10-18(16)19;1-2(3)4/h3-13H,2,14H2,1H3;1H3,(H,3,4)/q+1;/p-1. The zero-order chi connectivity index (χ0) is 19.4. The Morgan fingerprint density at radius 2 is 1.59 bits per heavy atom. The van der Waals surface area contributed by atoms with Crippen LogP contribution in [0, 0.1) is 3.83 Å². The molecule has 1 aromatic heterocycles. The van der Waals surface area contributed by atoms with E-state index in [2.05, 4.69) is 106 Å². The second kappa shape index (κ2) is 8.52. The predicted octanol–water partition coefficient (Wildman–Crippen LogP) is 3.51. The largest absolute Gasteiger partial charge is 0.550 e. The van der Waals surface area contributed by atoms with Gasteiger partial charge in [0.1, 0.15) is 18.9 Å². The summed E-state index contributed by atoms with van der Waals surface area (Å²) in [6, 6.07) is 19.7. The number of aromatic nitrogens is 2. The van der Waals surface area contributed by atoms with E-state index in [0.717, 1.165) is 20.0 Å². The number of hydrogen-bond donors (Lipinski definition) is 0. The Bertz CT molecular complexity index is 1040. The normalized spacial score (nSPS) is 10.6. The maximum atomic E-state index is 8.89. The van der Waals surface area contributed by atoms with Crippen molar-refractivity contribution in [2.45, 2.75) is 26.9 Å². The van der Waals surface area contributed by atoms with Gasteiger partial charge < -0.3 is 9.90 Å². The van der Waals surface area contributed by atoms with E-state index < -0.39 is 5.97 Å². The van der Waals surface area contributed by atoms with Gasteiger partial charge in [-0.15, -0.1) is 0 Å². The SMILES string of the molecule is CC(=O)[O-].CCn1cc[n+](Cc2c3ccccc3cc3ccccc23)c1I. The molecule has 0 unspecified atom stereocenters. The predicted molar refractivity (Wildman–Crippen MR) is 114 cm³/mol. The Kier molecular flexibility index (Phi) is 6.11. The van der Waals surface area contributed by atoms with Gasteiger partial charge in [-0.2, -0.15) is 0 Å². The number of halogens is 1. The van der Waals surface area contributed by atoms with Crippen molar-refractivity contribution < 1.29 is 14.5 Å². The fourth-order valence-electron chi connectivity index (χ4n) is 3.25. The Labute approximate surface area is 172 Å². The van der Waals surface area contributed by atoms with Crippen LogP contribution in [0.15, 0.2) is 67.0 Å². The van der Waals surface area contributed by atoms with Crippen molar-refractivity contribution in [2.24, 2.45) is 0 Å². The molecule has 4 aromatic rings. The molecule has 27 heavy (non-hydrogen) atoms. The van der Waals surface area contributed by atoms with Crippen LogP contribution in [0.3, 0.4) is 0 Å². The molecule has 138 valence electrons. The highest BCUT2D eigenvalue weighted by Crippen LogP contribution is 2.28. The van der Waals surface area contributed by atoms with Crippen LogP contribution < -0.4 is 9.67 Å². The Morgan fingerprint density at radius 1 is 1.07 bits per heavy atom. The fraction of sp³-hybridized carbons (Fsp3) is 0.182.